The predicted molar refractivity (Wildman–Crippen MR) is 128 cm³/mol. The summed E-state index contributed by atoms with van der Waals surface area (Å²) in [5.74, 6) is 7.34. The summed E-state index contributed by atoms with van der Waals surface area (Å²) in [4.78, 5) is 0. The molecule has 4 saturated carbocycles. The Morgan fingerprint density at radius 3 is 2.23 bits per heavy atom. The molecule has 1 nitrogen and oxygen atoms in total. The van der Waals surface area contributed by atoms with E-state index in [4.69, 9.17) is 0 Å². The van der Waals surface area contributed by atoms with Crippen LogP contribution in [0.15, 0.2) is 0 Å². The minimum atomic E-state index is -0.0111. The molecule has 0 aromatic rings. The monoisotopic (exact) mass is 416 g/mol. The Kier molecular flexibility index (Phi) is 6.72. The van der Waals surface area contributed by atoms with Crippen molar-refractivity contribution in [3.05, 3.63) is 0 Å². The maximum atomic E-state index is 10.3. The van der Waals surface area contributed by atoms with Gasteiger partial charge in [-0.3, -0.25) is 0 Å². The summed E-state index contributed by atoms with van der Waals surface area (Å²) < 4.78 is 0. The molecule has 4 fully saturated rings. The van der Waals surface area contributed by atoms with Crippen molar-refractivity contribution in [2.24, 2.45) is 58.2 Å². The van der Waals surface area contributed by atoms with E-state index in [-0.39, 0.29) is 6.10 Å². The summed E-state index contributed by atoms with van der Waals surface area (Å²) in [6.07, 6.45) is 16.5. The van der Waals surface area contributed by atoms with E-state index in [2.05, 4.69) is 41.5 Å². The van der Waals surface area contributed by atoms with Crippen LogP contribution in [0.2, 0.25) is 0 Å². The summed E-state index contributed by atoms with van der Waals surface area (Å²) in [5, 5.41) is 10.3. The standard InChI is InChI=1S/C29H52O/c1-7-21(19(2)3)9-8-20(4)25-12-13-26-24-11-10-22-18-23(30)14-16-28(22,5)27(24)15-17-29(25,26)6/h19-27,30H,7-18H2,1-6H3/t20-,21-,22?,23?,24?,25?,26?,27?,28+,29-/m1/s1. The van der Waals surface area contributed by atoms with Crippen LogP contribution >= 0.6 is 0 Å². The zero-order valence-corrected chi connectivity index (χ0v) is 21.1. The average molecular weight is 417 g/mol. The first-order valence-corrected chi connectivity index (χ1v) is 13.9. The first-order valence-electron chi connectivity index (χ1n) is 13.9. The number of aliphatic hydroxyl groups is 1. The maximum absolute atomic E-state index is 10.3. The molecule has 0 aromatic heterocycles. The Balaban J connectivity index is 1.45. The molecule has 1 heteroatoms. The van der Waals surface area contributed by atoms with Gasteiger partial charge in [-0.05, 0) is 122 Å². The number of rotatable bonds is 6. The van der Waals surface area contributed by atoms with Gasteiger partial charge in [0.1, 0.15) is 0 Å². The Hall–Kier alpha value is -0.0400. The molecule has 0 saturated heterocycles. The Morgan fingerprint density at radius 2 is 1.53 bits per heavy atom. The molecule has 0 spiro atoms. The quantitative estimate of drug-likeness (QED) is 0.463. The smallest absolute Gasteiger partial charge is 0.0543 e. The average Bonchev–Trinajstić information content (AvgIpc) is 3.06. The van der Waals surface area contributed by atoms with Crippen molar-refractivity contribution in [2.45, 2.75) is 125 Å². The molecular weight excluding hydrogens is 364 g/mol. The van der Waals surface area contributed by atoms with E-state index in [0.717, 1.165) is 60.2 Å². The second-order valence-corrected chi connectivity index (χ2v) is 13.3. The molecule has 174 valence electrons. The molecule has 0 aromatic carbocycles. The highest BCUT2D eigenvalue weighted by atomic mass is 16.3. The predicted octanol–water partition coefficient (Wildman–Crippen LogP) is 8.10. The molecule has 4 aliphatic rings. The van der Waals surface area contributed by atoms with Crippen molar-refractivity contribution in [1.29, 1.82) is 0 Å². The highest BCUT2D eigenvalue weighted by Gasteiger charge is 2.60. The van der Waals surface area contributed by atoms with E-state index in [1.165, 1.54) is 64.2 Å². The van der Waals surface area contributed by atoms with Crippen LogP contribution in [0.1, 0.15) is 119 Å². The van der Waals surface area contributed by atoms with Crippen LogP contribution in [0, 0.1) is 58.2 Å². The molecule has 30 heavy (non-hydrogen) atoms. The summed E-state index contributed by atoms with van der Waals surface area (Å²) in [6, 6.07) is 0. The Morgan fingerprint density at radius 1 is 0.833 bits per heavy atom. The largest absolute Gasteiger partial charge is 0.393 e. The molecule has 0 heterocycles. The van der Waals surface area contributed by atoms with Crippen molar-refractivity contribution >= 4 is 0 Å². The lowest BCUT2D eigenvalue weighted by Gasteiger charge is -2.61. The zero-order valence-electron chi connectivity index (χ0n) is 21.1. The van der Waals surface area contributed by atoms with Crippen LogP contribution < -0.4 is 0 Å². The fourth-order valence-electron chi connectivity index (χ4n) is 9.90. The number of hydrogen-bond acceptors (Lipinski definition) is 1. The first-order chi connectivity index (χ1) is 14.2. The Labute approximate surface area is 188 Å². The van der Waals surface area contributed by atoms with Crippen LogP contribution in [0.4, 0.5) is 0 Å². The van der Waals surface area contributed by atoms with Crippen LogP contribution in [0.3, 0.4) is 0 Å². The van der Waals surface area contributed by atoms with Gasteiger partial charge in [0.2, 0.25) is 0 Å². The lowest BCUT2D eigenvalue weighted by molar-refractivity contribution is -0.129. The fourth-order valence-corrected chi connectivity index (χ4v) is 9.90. The zero-order chi connectivity index (χ0) is 21.7. The maximum Gasteiger partial charge on any atom is 0.0543 e. The molecule has 10 atom stereocenters. The van der Waals surface area contributed by atoms with Crippen molar-refractivity contribution in [2.75, 3.05) is 0 Å². The van der Waals surface area contributed by atoms with E-state index < -0.39 is 0 Å². The van der Waals surface area contributed by atoms with E-state index >= 15 is 0 Å². The van der Waals surface area contributed by atoms with Gasteiger partial charge in [-0.2, -0.15) is 0 Å². The molecular formula is C29H52O. The third-order valence-corrected chi connectivity index (χ3v) is 11.9. The van der Waals surface area contributed by atoms with Gasteiger partial charge in [-0.25, -0.2) is 0 Å². The van der Waals surface area contributed by atoms with Crippen molar-refractivity contribution < 1.29 is 5.11 Å². The van der Waals surface area contributed by atoms with Gasteiger partial charge in [0.25, 0.3) is 0 Å². The van der Waals surface area contributed by atoms with Crippen molar-refractivity contribution in [1.82, 2.24) is 0 Å². The molecule has 1 N–H and O–H groups in total. The highest BCUT2D eigenvalue weighted by Crippen LogP contribution is 2.68. The number of fused-ring (bicyclic) bond motifs is 5. The number of aliphatic hydroxyl groups excluding tert-OH is 1. The summed E-state index contributed by atoms with van der Waals surface area (Å²) in [5.41, 5.74) is 1.14. The minimum Gasteiger partial charge on any atom is -0.393 e. The van der Waals surface area contributed by atoms with Gasteiger partial charge in [0, 0.05) is 0 Å². The molecule has 0 radical (unpaired) electrons. The molecule has 6 unspecified atom stereocenters. The molecule has 4 rings (SSSR count). The first kappa shape index (κ1) is 23.1. The lowest BCUT2D eigenvalue weighted by Crippen LogP contribution is -2.54. The van der Waals surface area contributed by atoms with Gasteiger partial charge < -0.3 is 5.11 Å². The van der Waals surface area contributed by atoms with Gasteiger partial charge in [-0.15, -0.1) is 0 Å². The van der Waals surface area contributed by atoms with E-state index in [0.29, 0.717) is 10.8 Å². The van der Waals surface area contributed by atoms with Crippen LogP contribution in [-0.4, -0.2) is 11.2 Å². The molecule has 4 aliphatic carbocycles. The van der Waals surface area contributed by atoms with E-state index in [9.17, 15) is 5.11 Å². The van der Waals surface area contributed by atoms with Gasteiger partial charge in [-0.1, -0.05) is 54.4 Å². The molecule has 0 bridgehead atoms. The van der Waals surface area contributed by atoms with Crippen LogP contribution in [0.5, 0.6) is 0 Å². The normalized spacial score (nSPS) is 48.0. The van der Waals surface area contributed by atoms with E-state index in [1.54, 1.807) is 0 Å². The van der Waals surface area contributed by atoms with Crippen LogP contribution in [-0.2, 0) is 0 Å². The summed E-state index contributed by atoms with van der Waals surface area (Å²) >= 11 is 0. The topological polar surface area (TPSA) is 20.2 Å². The minimum absolute atomic E-state index is 0.0111. The molecule has 0 amide bonds. The summed E-state index contributed by atoms with van der Waals surface area (Å²) in [6.45, 7) is 15.2. The third kappa shape index (κ3) is 3.82. The van der Waals surface area contributed by atoms with Crippen molar-refractivity contribution in [3.8, 4) is 0 Å². The van der Waals surface area contributed by atoms with Gasteiger partial charge in [0.15, 0.2) is 0 Å². The second-order valence-electron chi connectivity index (χ2n) is 13.3. The summed E-state index contributed by atoms with van der Waals surface area (Å²) in [7, 11) is 0. The van der Waals surface area contributed by atoms with E-state index in [1.807, 2.05) is 0 Å². The van der Waals surface area contributed by atoms with Crippen LogP contribution in [0.25, 0.3) is 0 Å². The lowest BCUT2D eigenvalue weighted by atomic mass is 9.44. The number of hydrogen-bond donors (Lipinski definition) is 1. The van der Waals surface area contributed by atoms with Gasteiger partial charge in [0.05, 0.1) is 6.10 Å². The fraction of sp³-hybridized carbons (Fsp3) is 1.00. The molecule has 0 aliphatic heterocycles. The highest BCUT2D eigenvalue weighted by molar-refractivity contribution is 5.09. The second kappa shape index (κ2) is 8.72. The third-order valence-electron chi connectivity index (χ3n) is 11.9. The SMILES string of the molecule is CC[C@H](CC[C@@H](C)C1CCC2C3CCC4CC(O)CC[C@]4(C)C3CC[C@@]21C)C(C)C. The Bertz CT molecular complexity index is 583. The van der Waals surface area contributed by atoms with Crippen molar-refractivity contribution in [3.63, 3.8) is 0 Å². The van der Waals surface area contributed by atoms with Gasteiger partial charge >= 0.3 is 0 Å².